The largest absolute Gasteiger partial charge is 0.372 e. The second-order valence-corrected chi connectivity index (χ2v) is 8.98. The van der Waals surface area contributed by atoms with E-state index in [0.29, 0.717) is 19.7 Å². The average Bonchev–Trinajstić information content (AvgIpc) is 2.55. The smallest absolute Gasteiger partial charge is 0.211 e. The standard InChI is InChI=1S/C17H25FN2O3S/c1-2-24(21,22)19-9-14-7-8-17(23-11-14)12-20(13-17)10-15-5-3-4-6-16(15)18/h3-6,14,19H,2,7-13H2,1H3. The highest BCUT2D eigenvalue weighted by Gasteiger charge is 2.46. The molecule has 7 heteroatoms. The van der Waals surface area contributed by atoms with Crippen LogP contribution >= 0.6 is 0 Å². The van der Waals surface area contributed by atoms with Crippen molar-refractivity contribution < 1.29 is 17.5 Å². The molecular weight excluding hydrogens is 331 g/mol. The topological polar surface area (TPSA) is 58.6 Å². The number of benzene rings is 1. The summed E-state index contributed by atoms with van der Waals surface area (Å²) >= 11 is 0. The van der Waals surface area contributed by atoms with Crippen LogP contribution < -0.4 is 4.72 Å². The first-order chi connectivity index (χ1) is 11.4. The van der Waals surface area contributed by atoms with Crippen LogP contribution in [0.1, 0.15) is 25.3 Å². The normalized spacial score (nSPS) is 24.0. The van der Waals surface area contributed by atoms with Crippen LogP contribution in [0, 0.1) is 11.7 Å². The number of sulfonamides is 1. The van der Waals surface area contributed by atoms with Crippen molar-refractivity contribution in [2.75, 3.05) is 32.0 Å². The Morgan fingerprint density at radius 2 is 2.12 bits per heavy atom. The van der Waals surface area contributed by atoms with Crippen molar-refractivity contribution in [1.29, 1.82) is 0 Å². The van der Waals surface area contributed by atoms with Gasteiger partial charge in [0.25, 0.3) is 0 Å². The summed E-state index contributed by atoms with van der Waals surface area (Å²) in [7, 11) is -3.14. The van der Waals surface area contributed by atoms with Crippen LogP contribution in [0.2, 0.25) is 0 Å². The van der Waals surface area contributed by atoms with E-state index in [-0.39, 0.29) is 23.1 Å². The Morgan fingerprint density at radius 3 is 2.75 bits per heavy atom. The van der Waals surface area contributed by atoms with Crippen LogP contribution in [0.25, 0.3) is 0 Å². The summed E-state index contributed by atoms with van der Waals surface area (Å²) in [6, 6.07) is 6.86. The minimum atomic E-state index is -3.14. The molecule has 1 aromatic carbocycles. The molecule has 2 aliphatic heterocycles. The Labute approximate surface area is 143 Å². The van der Waals surface area contributed by atoms with Gasteiger partial charge in [0.05, 0.1) is 18.0 Å². The molecule has 2 saturated heterocycles. The van der Waals surface area contributed by atoms with Gasteiger partial charge in [-0.2, -0.15) is 0 Å². The van der Waals surface area contributed by atoms with Gasteiger partial charge in [-0.15, -0.1) is 0 Å². The van der Waals surface area contributed by atoms with Crippen LogP contribution in [0.5, 0.6) is 0 Å². The fourth-order valence-electron chi connectivity index (χ4n) is 3.42. The summed E-state index contributed by atoms with van der Waals surface area (Å²) in [5, 5.41) is 0. The molecule has 0 bridgehead atoms. The first kappa shape index (κ1) is 17.8. The molecule has 0 saturated carbocycles. The molecule has 134 valence electrons. The lowest BCUT2D eigenvalue weighted by molar-refractivity contribution is -0.181. The fraction of sp³-hybridized carbons (Fsp3) is 0.647. The summed E-state index contributed by atoms with van der Waals surface area (Å²) < 4.78 is 45.3. The maximum Gasteiger partial charge on any atom is 0.211 e. The predicted molar refractivity (Wildman–Crippen MR) is 90.5 cm³/mol. The third-order valence-electron chi connectivity index (χ3n) is 4.98. The minimum Gasteiger partial charge on any atom is -0.372 e. The van der Waals surface area contributed by atoms with Crippen molar-refractivity contribution in [3.8, 4) is 0 Å². The van der Waals surface area contributed by atoms with Crippen LogP contribution in [-0.2, 0) is 21.3 Å². The number of hydrogen-bond acceptors (Lipinski definition) is 4. The maximum absolute atomic E-state index is 13.7. The second-order valence-electron chi connectivity index (χ2n) is 6.89. The van der Waals surface area contributed by atoms with Crippen molar-refractivity contribution in [2.45, 2.75) is 31.9 Å². The SMILES string of the molecule is CCS(=O)(=O)NCC1CCC2(CN(Cc3ccccc3F)C2)OC1. The molecule has 1 unspecified atom stereocenters. The van der Waals surface area contributed by atoms with E-state index in [0.717, 1.165) is 31.5 Å². The molecule has 0 aliphatic carbocycles. The Kier molecular flexibility index (Phi) is 5.24. The Morgan fingerprint density at radius 1 is 1.38 bits per heavy atom. The van der Waals surface area contributed by atoms with Crippen LogP contribution in [-0.4, -0.2) is 50.9 Å². The number of nitrogens with zero attached hydrogens (tertiary/aromatic N) is 1. The van der Waals surface area contributed by atoms with E-state index >= 15 is 0 Å². The summed E-state index contributed by atoms with van der Waals surface area (Å²) in [6.45, 7) is 4.90. The van der Waals surface area contributed by atoms with E-state index < -0.39 is 10.0 Å². The van der Waals surface area contributed by atoms with Crippen LogP contribution in [0.4, 0.5) is 4.39 Å². The van der Waals surface area contributed by atoms with Crippen molar-refractivity contribution >= 4 is 10.0 Å². The lowest BCUT2D eigenvalue weighted by Gasteiger charge is -2.53. The summed E-state index contributed by atoms with van der Waals surface area (Å²) in [4.78, 5) is 2.19. The maximum atomic E-state index is 13.7. The van der Waals surface area contributed by atoms with Crippen molar-refractivity contribution in [1.82, 2.24) is 9.62 Å². The van der Waals surface area contributed by atoms with Gasteiger partial charge in [0.1, 0.15) is 5.82 Å². The first-order valence-corrected chi connectivity index (χ1v) is 10.1. The van der Waals surface area contributed by atoms with Gasteiger partial charge in [-0.25, -0.2) is 17.5 Å². The van der Waals surface area contributed by atoms with Gasteiger partial charge in [0.15, 0.2) is 0 Å². The number of likely N-dealkylation sites (tertiary alicyclic amines) is 1. The number of hydrogen-bond donors (Lipinski definition) is 1. The Balaban J connectivity index is 1.43. The molecule has 1 N–H and O–H groups in total. The highest BCUT2D eigenvalue weighted by Crippen LogP contribution is 2.36. The van der Waals surface area contributed by atoms with Crippen molar-refractivity contribution in [3.63, 3.8) is 0 Å². The highest BCUT2D eigenvalue weighted by molar-refractivity contribution is 7.89. The van der Waals surface area contributed by atoms with E-state index in [1.165, 1.54) is 6.07 Å². The zero-order chi connectivity index (χ0) is 17.2. The average molecular weight is 356 g/mol. The molecule has 1 spiro atoms. The van der Waals surface area contributed by atoms with Gasteiger partial charge >= 0.3 is 0 Å². The molecule has 2 aliphatic rings. The molecular formula is C17H25FN2O3S. The molecule has 2 heterocycles. The van der Waals surface area contributed by atoms with Gasteiger partial charge in [-0.3, -0.25) is 4.90 Å². The highest BCUT2D eigenvalue weighted by atomic mass is 32.2. The van der Waals surface area contributed by atoms with Crippen molar-refractivity contribution in [2.24, 2.45) is 5.92 Å². The quantitative estimate of drug-likeness (QED) is 0.844. The van der Waals surface area contributed by atoms with Gasteiger partial charge in [-0.1, -0.05) is 18.2 Å². The van der Waals surface area contributed by atoms with E-state index in [2.05, 4.69) is 9.62 Å². The number of ether oxygens (including phenoxy) is 1. The number of nitrogens with one attached hydrogen (secondary N) is 1. The van der Waals surface area contributed by atoms with Gasteiger partial charge < -0.3 is 4.74 Å². The lowest BCUT2D eigenvalue weighted by Crippen LogP contribution is -2.64. The molecule has 2 fully saturated rings. The fourth-order valence-corrected chi connectivity index (χ4v) is 4.12. The molecule has 1 atom stereocenters. The molecule has 0 amide bonds. The third kappa shape index (κ3) is 4.14. The molecule has 24 heavy (non-hydrogen) atoms. The van der Waals surface area contributed by atoms with Crippen LogP contribution in [0.3, 0.4) is 0 Å². The summed E-state index contributed by atoms with van der Waals surface area (Å²) in [6.07, 6.45) is 1.89. The predicted octanol–water partition coefficient (Wildman–Crippen LogP) is 1.75. The zero-order valence-corrected chi connectivity index (χ0v) is 14.8. The third-order valence-corrected chi connectivity index (χ3v) is 6.35. The van der Waals surface area contributed by atoms with E-state index in [1.807, 2.05) is 12.1 Å². The minimum absolute atomic E-state index is 0.107. The second kappa shape index (κ2) is 7.07. The number of rotatable bonds is 6. The molecule has 1 aromatic rings. The molecule has 0 aromatic heterocycles. The molecule has 0 radical (unpaired) electrons. The van der Waals surface area contributed by atoms with E-state index in [4.69, 9.17) is 4.74 Å². The number of halogens is 1. The van der Waals surface area contributed by atoms with Crippen molar-refractivity contribution in [3.05, 3.63) is 35.6 Å². The Bertz CT molecular complexity index is 664. The van der Waals surface area contributed by atoms with E-state index in [1.54, 1.807) is 13.0 Å². The lowest BCUT2D eigenvalue weighted by atomic mass is 9.83. The van der Waals surface area contributed by atoms with E-state index in [9.17, 15) is 12.8 Å². The Hall–Kier alpha value is -1.02. The van der Waals surface area contributed by atoms with Gasteiger partial charge in [0, 0.05) is 31.7 Å². The first-order valence-electron chi connectivity index (χ1n) is 8.48. The van der Waals surface area contributed by atoms with Gasteiger partial charge in [-0.05, 0) is 31.7 Å². The van der Waals surface area contributed by atoms with Crippen LogP contribution in [0.15, 0.2) is 24.3 Å². The zero-order valence-electron chi connectivity index (χ0n) is 14.0. The molecule has 3 rings (SSSR count). The summed E-state index contributed by atoms with van der Waals surface area (Å²) in [5.74, 6) is 0.180. The monoisotopic (exact) mass is 356 g/mol. The molecule has 5 nitrogen and oxygen atoms in total. The summed E-state index contributed by atoms with van der Waals surface area (Å²) in [5.41, 5.74) is 0.598. The van der Waals surface area contributed by atoms with Gasteiger partial charge in [0.2, 0.25) is 10.0 Å².